The van der Waals surface area contributed by atoms with Crippen LogP contribution in [0.4, 0.5) is 23.1 Å². The first-order valence-corrected chi connectivity index (χ1v) is 10.9. The van der Waals surface area contributed by atoms with Crippen molar-refractivity contribution in [2.45, 2.75) is 0 Å². The molecule has 164 valence electrons. The van der Waals surface area contributed by atoms with Crippen molar-refractivity contribution in [3.05, 3.63) is 103 Å². The van der Waals surface area contributed by atoms with Gasteiger partial charge in [-0.15, -0.1) is 0 Å². The van der Waals surface area contributed by atoms with E-state index < -0.39 is 0 Å². The van der Waals surface area contributed by atoms with Crippen LogP contribution >= 0.6 is 0 Å². The predicted molar refractivity (Wildman–Crippen MR) is 135 cm³/mol. The summed E-state index contributed by atoms with van der Waals surface area (Å²) in [5.74, 6) is 2.78. The fraction of sp³-hybridized carbons (Fsp3) is 0. The van der Waals surface area contributed by atoms with Crippen LogP contribution in [0.5, 0.6) is 11.5 Å². The standard InChI is InChI=1S/C27H20N6O/c1-2-6-21(7-3-1)34-22-13-10-19(11-14-22)30-27-31-25-9-5-4-8-23(25)26(32-27)29-20-12-15-24-18(16-20)17-28-33-24/h1-17H,(H,28,33)(H2,29,30,31,32). The molecule has 0 saturated heterocycles. The van der Waals surface area contributed by atoms with E-state index in [2.05, 4.69) is 20.8 Å². The number of nitrogens with one attached hydrogen (secondary N) is 3. The Bertz CT molecular complexity index is 1580. The number of ether oxygens (including phenoxy) is 1. The molecule has 0 radical (unpaired) electrons. The third kappa shape index (κ3) is 4.10. The molecular weight excluding hydrogens is 424 g/mol. The Kier molecular flexibility index (Phi) is 4.97. The van der Waals surface area contributed by atoms with Crippen LogP contribution in [-0.2, 0) is 0 Å². The second-order valence-electron chi connectivity index (χ2n) is 7.77. The van der Waals surface area contributed by atoms with Gasteiger partial charge in [0.15, 0.2) is 0 Å². The van der Waals surface area contributed by atoms with Gasteiger partial charge in [0.2, 0.25) is 5.95 Å². The summed E-state index contributed by atoms with van der Waals surface area (Å²) in [5.41, 5.74) is 3.61. The summed E-state index contributed by atoms with van der Waals surface area (Å²) in [6.07, 6.45) is 1.80. The zero-order valence-corrected chi connectivity index (χ0v) is 18.1. The van der Waals surface area contributed by atoms with Crippen LogP contribution < -0.4 is 15.4 Å². The van der Waals surface area contributed by atoms with Gasteiger partial charge >= 0.3 is 0 Å². The minimum Gasteiger partial charge on any atom is -0.457 e. The summed E-state index contributed by atoms with van der Waals surface area (Å²) in [6.45, 7) is 0. The zero-order valence-electron chi connectivity index (χ0n) is 18.1. The lowest BCUT2D eigenvalue weighted by Crippen LogP contribution is -2.02. The summed E-state index contributed by atoms with van der Waals surface area (Å²) >= 11 is 0. The highest BCUT2D eigenvalue weighted by molar-refractivity contribution is 5.93. The molecule has 6 aromatic rings. The molecule has 7 heteroatoms. The molecule has 2 heterocycles. The van der Waals surface area contributed by atoms with Crippen molar-refractivity contribution in [1.29, 1.82) is 0 Å². The molecule has 0 aliphatic rings. The minimum atomic E-state index is 0.502. The highest BCUT2D eigenvalue weighted by atomic mass is 16.5. The van der Waals surface area contributed by atoms with Crippen molar-refractivity contribution >= 4 is 44.9 Å². The summed E-state index contributed by atoms with van der Waals surface area (Å²) in [6, 6.07) is 31.4. The average molecular weight is 444 g/mol. The summed E-state index contributed by atoms with van der Waals surface area (Å²) < 4.78 is 5.88. The van der Waals surface area contributed by atoms with E-state index in [9.17, 15) is 0 Å². The molecule has 0 fully saturated rings. The summed E-state index contributed by atoms with van der Waals surface area (Å²) in [4.78, 5) is 9.46. The Hall–Kier alpha value is -4.91. The number of anilines is 4. The maximum Gasteiger partial charge on any atom is 0.229 e. The van der Waals surface area contributed by atoms with E-state index in [1.54, 1.807) is 6.20 Å². The first-order chi connectivity index (χ1) is 16.8. The number of hydrogen-bond acceptors (Lipinski definition) is 6. The third-order valence-electron chi connectivity index (χ3n) is 5.40. The molecule has 0 unspecified atom stereocenters. The number of aromatic nitrogens is 4. The fourth-order valence-electron chi connectivity index (χ4n) is 3.75. The first-order valence-electron chi connectivity index (χ1n) is 10.9. The molecule has 2 aromatic heterocycles. The van der Waals surface area contributed by atoms with Gasteiger partial charge < -0.3 is 15.4 Å². The van der Waals surface area contributed by atoms with Crippen molar-refractivity contribution in [2.24, 2.45) is 0 Å². The molecule has 7 nitrogen and oxygen atoms in total. The van der Waals surface area contributed by atoms with Gasteiger partial charge in [0, 0.05) is 22.1 Å². The van der Waals surface area contributed by atoms with Crippen molar-refractivity contribution in [3.8, 4) is 11.5 Å². The van der Waals surface area contributed by atoms with E-state index in [1.807, 2.05) is 97.1 Å². The van der Waals surface area contributed by atoms with Crippen LogP contribution in [0.1, 0.15) is 0 Å². The number of H-pyrrole nitrogens is 1. The second kappa shape index (κ2) is 8.55. The van der Waals surface area contributed by atoms with Crippen LogP contribution in [0.15, 0.2) is 103 Å². The largest absolute Gasteiger partial charge is 0.457 e. The van der Waals surface area contributed by atoms with Crippen molar-refractivity contribution < 1.29 is 4.74 Å². The third-order valence-corrected chi connectivity index (χ3v) is 5.40. The maximum atomic E-state index is 5.88. The van der Waals surface area contributed by atoms with E-state index in [0.717, 1.165) is 50.5 Å². The van der Waals surface area contributed by atoms with E-state index in [4.69, 9.17) is 14.7 Å². The van der Waals surface area contributed by atoms with Crippen LogP contribution in [0, 0.1) is 0 Å². The molecular formula is C27H20N6O. The van der Waals surface area contributed by atoms with Gasteiger partial charge in [-0.3, -0.25) is 5.10 Å². The molecule has 3 N–H and O–H groups in total. The average Bonchev–Trinajstić information content (AvgIpc) is 3.34. The first kappa shape index (κ1) is 19.8. The van der Waals surface area contributed by atoms with Crippen LogP contribution in [0.2, 0.25) is 0 Å². The fourth-order valence-corrected chi connectivity index (χ4v) is 3.75. The lowest BCUT2D eigenvalue weighted by molar-refractivity contribution is 0.483. The molecule has 0 aliphatic heterocycles. The number of nitrogens with zero attached hydrogens (tertiary/aromatic N) is 3. The van der Waals surface area contributed by atoms with Crippen molar-refractivity contribution in [1.82, 2.24) is 20.2 Å². The van der Waals surface area contributed by atoms with Crippen LogP contribution in [0.25, 0.3) is 21.8 Å². The molecule has 0 spiro atoms. The molecule has 34 heavy (non-hydrogen) atoms. The van der Waals surface area contributed by atoms with Crippen LogP contribution in [0.3, 0.4) is 0 Å². The second-order valence-corrected chi connectivity index (χ2v) is 7.77. The quantitative estimate of drug-likeness (QED) is 0.262. The number of aromatic amines is 1. The topological polar surface area (TPSA) is 87.8 Å². The summed E-state index contributed by atoms with van der Waals surface area (Å²) in [7, 11) is 0. The molecule has 0 bridgehead atoms. The Labute approximate surface area is 195 Å². The van der Waals surface area contributed by atoms with Gasteiger partial charge in [-0.1, -0.05) is 30.3 Å². The Morgan fingerprint density at radius 3 is 2.32 bits per heavy atom. The Balaban J connectivity index is 1.27. The van der Waals surface area contributed by atoms with Gasteiger partial charge in [-0.25, -0.2) is 4.98 Å². The molecule has 0 amide bonds. The van der Waals surface area contributed by atoms with Crippen LogP contribution in [-0.4, -0.2) is 20.2 Å². The zero-order chi connectivity index (χ0) is 22.7. The number of rotatable bonds is 6. The van der Waals surface area contributed by atoms with Gasteiger partial charge in [-0.05, 0) is 66.7 Å². The van der Waals surface area contributed by atoms with E-state index in [0.29, 0.717) is 5.95 Å². The molecule has 6 rings (SSSR count). The van der Waals surface area contributed by atoms with E-state index in [1.165, 1.54) is 0 Å². The van der Waals surface area contributed by atoms with E-state index >= 15 is 0 Å². The molecule has 0 saturated carbocycles. The number of fused-ring (bicyclic) bond motifs is 2. The number of benzene rings is 4. The summed E-state index contributed by atoms with van der Waals surface area (Å²) in [5, 5.41) is 15.8. The smallest absolute Gasteiger partial charge is 0.229 e. The predicted octanol–water partition coefficient (Wildman–Crippen LogP) is 6.79. The number of hydrogen-bond donors (Lipinski definition) is 3. The monoisotopic (exact) mass is 444 g/mol. The van der Waals surface area contributed by atoms with Crippen molar-refractivity contribution in [3.63, 3.8) is 0 Å². The lowest BCUT2D eigenvalue weighted by Gasteiger charge is -2.12. The van der Waals surface area contributed by atoms with Gasteiger partial charge in [0.1, 0.15) is 17.3 Å². The molecule has 4 aromatic carbocycles. The van der Waals surface area contributed by atoms with Gasteiger partial charge in [0.25, 0.3) is 0 Å². The van der Waals surface area contributed by atoms with Gasteiger partial charge in [-0.2, -0.15) is 10.1 Å². The van der Waals surface area contributed by atoms with Crippen molar-refractivity contribution in [2.75, 3.05) is 10.6 Å². The maximum absolute atomic E-state index is 5.88. The minimum absolute atomic E-state index is 0.502. The van der Waals surface area contributed by atoms with Gasteiger partial charge in [0.05, 0.1) is 17.2 Å². The Morgan fingerprint density at radius 2 is 1.44 bits per heavy atom. The number of para-hydroxylation sites is 2. The molecule has 0 aliphatic carbocycles. The molecule has 0 atom stereocenters. The SMILES string of the molecule is c1ccc(Oc2ccc(Nc3nc(Nc4ccc5[nH]ncc5c4)c4ccccc4n3)cc2)cc1. The highest BCUT2D eigenvalue weighted by Gasteiger charge is 2.09. The Morgan fingerprint density at radius 1 is 0.676 bits per heavy atom. The highest BCUT2D eigenvalue weighted by Crippen LogP contribution is 2.28. The van der Waals surface area contributed by atoms with E-state index in [-0.39, 0.29) is 0 Å². The lowest BCUT2D eigenvalue weighted by atomic mass is 10.2. The normalized spacial score (nSPS) is 10.9.